The molecule has 1 aromatic carbocycles. The van der Waals surface area contributed by atoms with Crippen LogP contribution in [0.25, 0.3) is 10.9 Å². The van der Waals surface area contributed by atoms with E-state index in [9.17, 15) is 4.79 Å². The van der Waals surface area contributed by atoms with Gasteiger partial charge in [-0.25, -0.2) is 0 Å². The smallest absolute Gasteiger partial charge is 0.315 e. The number of halogens is 1. The van der Waals surface area contributed by atoms with Crippen molar-refractivity contribution in [3.05, 3.63) is 34.4 Å². The molecule has 0 radical (unpaired) electrons. The number of para-hydroxylation sites is 1. The Morgan fingerprint density at radius 3 is 3.00 bits per heavy atom. The van der Waals surface area contributed by atoms with Crippen molar-refractivity contribution >= 4 is 44.6 Å². The van der Waals surface area contributed by atoms with Gasteiger partial charge in [-0.15, -0.1) is 11.8 Å². The molecule has 0 bridgehead atoms. The normalized spacial score (nSPS) is 10.6. The van der Waals surface area contributed by atoms with Gasteiger partial charge < -0.3 is 4.74 Å². The number of ether oxygens (including phenoxy) is 1. The lowest BCUT2D eigenvalue weighted by atomic mass is 10.2. The summed E-state index contributed by atoms with van der Waals surface area (Å²) in [6.07, 6.45) is 0. The van der Waals surface area contributed by atoms with E-state index in [0.29, 0.717) is 5.75 Å². The van der Waals surface area contributed by atoms with Crippen LogP contribution in [0.15, 0.2) is 33.6 Å². The number of thioether (sulfide) groups is 1. The van der Waals surface area contributed by atoms with E-state index >= 15 is 0 Å². The van der Waals surface area contributed by atoms with E-state index in [4.69, 9.17) is 0 Å². The minimum Gasteiger partial charge on any atom is -0.468 e. The predicted molar refractivity (Wildman–Crippen MR) is 76.9 cm³/mol. The average molecular weight is 326 g/mol. The Bertz CT molecular complexity index is 601. The van der Waals surface area contributed by atoms with Gasteiger partial charge in [0.1, 0.15) is 0 Å². The van der Waals surface area contributed by atoms with E-state index in [1.807, 2.05) is 31.2 Å². The first-order valence-electron chi connectivity index (χ1n) is 5.37. The van der Waals surface area contributed by atoms with Crippen LogP contribution in [0.4, 0.5) is 0 Å². The quantitative estimate of drug-likeness (QED) is 0.638. The van der Waals surface area contributed by atoms with Gasteiger partial charge in [-0.1, -0.05) is 12.1 Å². The maximum atomic E-state index is 11.2. The van der Waals surface area contributed by atoms with Crippen molar-refractivity contribution in [3.8, 4) is 0 Å². The molecule has 1 heterocycles. The SMILES string of the molecule is COC(=O)CSc1cc(C)nc2c(Br)cccc12. The van der Waals surface area contributed by atoms with E-state index in [1.54, 1.807) is 0 Å². The number of aromatic nitrogens is 1. The molecule has 18 heavy (non-hydrogen) atoms. The summed E-state index contributed by atoms with van der Waals surface area (Å²) in [7, 11) is 1.40. The monoisotopic (exact) mass is 325 g/mol. The van der Waals surface area contributed by atoms with Crippen LogP contribution < -0.4 is 0 Å². The zero-order chi connectivity index (χ0) is 13.1. The van der Waals surface area contributed by atoms with Crippen molar-refractivity contribution in [3.63, 3.8) is 0 Å². The minimum absolute atomic E-state index is 0.224. The second-order valence-corrected chi connectivity index (χ2v) is 5.63. The predicted octanol–water partition coefficient (Wildman–Crippen LogP) is 3.57. The van der Waals surface area contributed by atoms with Gasteiger partial charge in [-0.2, -0.15) is 0 Å². The number of methoxy groups -OCH3 is 1. The van der Waals surface area contributed by atoms with Gasteiger partial charge in [0, 0.05) is 20.4 Å². The van der Waals surface area contributed by atoms with E-state index in [0.717, 1.165) is 26.0 Å². The highest BCUT2D eigenvalue weighted by molar-refractivity contribution is 9.10. The third-order valence-electron chi connectivity index (χ3n) is 2.45. The van der Waals surface area contributed by atoms with E-state index in [2.05, 4.69) is 25.7 Å². The number of fused-ring (bicyclic) bond motifs is 1. The van der Waals surface area contributed by atoms with Gasteiger partial charge in [0.15, 0.2) is 0 Å². The van der Waals surface area contributed by atoms with E-state index in [1.165, 1.54) is 18.9 Å². The van der Waals surface area contributed by atoms with Crippen LogP contribution in [0.1, 0.15) is 5.69 Å². The summed E-state index contributed by atoms with van der Waals surface area (Å²) in [5, 5.41) is 1.05. The number of hydrogen-bond acceptors (Lipinski definition) is 4. The molecule has 0 aliphatic carbocycles. The van der Waals surface area contributed by atoms with Gasteiger partial charge in [0.25, 0.3) is 0 Å². The fraction of sp³-hybridized carbons (Fsp3) is 0.231. The Labute approximate surface area is 118 Å². The molecule has 94 valence electrons. The van der Waals surface area contributed by atoms with Crippen LogP contribution in [-0.2, 0) is 9.53 Å². The minimum atomic E-state index is -0.224. The molecule has 0 atom stereocenters. The molecule has 0 saturated carbocycles. The number of rotatable bonds is 3. The number of carbonyl (C=O) groups excluding carboxylic acids is 1. The van der Waals surface area contributed by atoms with Crippen molar-refractivity contribution in [2.75, 3.05) is 12.9 Å². The van der Waals surface area contributed by atoms with Crippen molar-refractivity contribution in [2.45, 2.75) is 11.8 Å². The molecule has 0 N–H and O–H groups in total. The van der Waals surface area contributed by atoms with Crippen LogP contribution in [0.3, 0.4) is 0 Å². The van der Waals surface area contributed by atoms with Gasteiger partial charge in [0.05, 0.1) is 18.4 Å². The summed E-state index contributed by atoms with van der Waals surface area (Å²) in [5.41, 5.74) is 1.85. The van der Waals surface area contributed by atoms with Gasteiger partial charge in [-0.3, -0.25) is 9.78 Å². The van der Waals surface area contributed by atoms with Crippen LogP contribution >= 0.6 is 27.7 Å². The lowest BCUT2D eigenvalue weighted by Crippen LogP contribution is -2.03. The average Bonchev–Trinajstić information content (AvgIpc) is 2.36. The highest BCUT2D eigenvalue weighted by Gasteiger charge is 2.09. The number of benzene rings is 1. The third kappa shape index (κ3) is 2.84. The van der Waals surface area contributed by atoms with Crippen molar-refractivity contribution in [2.24, 2.45) is 0 Å². The molecule has 0 aliphatic rings. The Balaban J connectivity index is 2.43. The molecule has 0 fully saturated rings. The molecule has 2 aromatic rings. The summed E-state index contributed by atoms with van der Waals surface area (Å²) >= 11 is 4.97. The summed E-state index contributed by atoms with van der Waals surface area (Å²) in [6, 6.07) is 7.92. The molecule has 0 saturated heterocycles. The van der Waals surface area contributed by atoms with Gasteiger partial charge >= 0.3 is 5.97 Å². The van der Waals surface area contributed by atoms with Crippen molar-refractivity contribution in [1.29, 1.82) is 0 Å². The second kappa shape index (κ2) is 5.71. The number of aryl methyl sites for hydroxylation is 1. The first kappa shape index (κ1) is 13.4. The second-order valence-electron chi connectivity index (χ2n) is 3.76. The first-order valence-corrected chi connectivity index (χ1v) is 7.15. The van der Waals surface area contributed by atoms with Gasteiger partial charge in [-0.05, 0) is 35.0 Å². The Kier molecular flexibility index (Phi) is 4.24. The van der Waals surface area contributed by atoms with E-state index in [-0.39, 0.29) is 5.97 Å². The molecular formula is C13H12BrNO2S. The van der Waals surface area contributed by atoms with Crippen LogP contribution in [-0.4, -0.2) is 23.8 Å². The zero-order valence-electron chi connectivity index (χ0n) is 10.1. The number of hydrogen-bond donors (Lipinski definition) is 0. The summed E-state index contributed by atoms with van der Waals surface area (Å²) in [6.45, 7) is 1.95. The molecule has 1 aromatic heterocycles. The number of carbonyl (C=O) groups is 1. The lowest BCUT2D eigenvalue weighted by Gasteiger charge is -2.08. The number of nitrogens with zero attached hydrogens (tertiary/aromatic N) is 1. The van der Waals surface area contributed by atoms with Crippen molar-refractivity contribution in [1.82, 2.24) is 4.98 Å². The number of pyridine rings is 1. The summed E-state index contributed by atoms with van der Waals surface area (Å²) < 4.78 is 5.61. The largest absolute Gasteiger partial charge is 0.468 e. The number of esters is 1. The van der Waals surface area contributed by atoms with Crippen LogP contribution in [0, 0.1) is 6.92 Å². The van der Waals surface area contributed by atoms with Crippen molar-refractivity contribution < 1.29 is 9.53 Å². The molecular weight excluding hydrogens is 314 g/mol. The third-order valence-corrected chi connectivity index (χ3v) is 4.12. The molecule has 2 rings (SSSR count). The Morgan fingerprint density at radius 2 is 2.28 bits per heavy atom. The van der Waals surface area contributed by atoms with Crippen LogP contribution in [0.2, 0.25) is 0 Å². The maximum Gasteiger partial charge on any atom is 0.315 e. The highest BCUT2D eigenvalue weighted by atomic mass is 79.9. The standard InChI is InChI=1S/C13H12BrNO2S/c1-8-6-11(18-7-12(16)17-2)9-4-3-5-10(14)13(9)15-8/h3-6H,7H2,1-2H3. The fourth-order valence-corrected chi connectivity index (χ4v) is 3.04. The van der Waals surface area contributed by atoms with Crippen LogP contribution in [0.5, 0.6) is 0 Å². The molecule has 3 nitrogen and oxygen atoms in total. The Hall–Kier alpha value is -1.07. The molecule has 0 unspecified atom stereocenters. The van der Waals surface area contributed by atoms with Gasteiger partial charge in [0.2, 0.25) is 0 Å². The molecule has 0 spiro atoms. The highest BCUT2D eigenvalue weighted by Crippen LogP contribution is 2.31. The molecule has 5 heteroatoms. The Morgan fingerprint density at radius 1 is 1.50 bits per heavy atom. The first-order chi connectivity index (χ1) is 8.61. The van der Waals surface area contributed by atoms with E-state index < -0.39 is 0 Å². The fourth-order valence-electron chi connectivity index (χ4n) is 1.62. The molecule has 0 aliphatic heterocycles. The summed E-state index contributed by atoms with van der Waals surface area (Å²) in [5.74, 6) is 0.0827. The lowest BCUT2D eigenvalue weighted by molar-refractivity contribution is -0.137. The molecule has 0 amide bonds. The zero-order valence-corrected chi connectivity index (χ0v) is 12.5. The maximum absolute atomic E-state index is 11.2. The topological polar surface area (TPSA) is 39.2 Å². The summed E-state index contributed by atoms with van der Waals surface area (Å²) in [4.78, 5) is 16.8.